The van der Waals surface area contributed by atoms with E-state index < -0.39 is 0 Å². The van der Waals surface area contributed by atoms with E-state index in [2.05, 4.69) is 10.3 Å². The minimum atomic E-state index is -0.0666. The molecular weight excluding hydrogens is 328 g/mol. The van der Waals surface area contributed by atoms with Crippen LogP contribution in [0.25, 0.3) is 10.9 Å². The highest BCUT2D eigenvalue weighted by Gasteiger charge is 2.23. The van der Waals surface area contributed by atoms with Gasteiger partial charge in [0.2, 0.25) is 5.91 Å². The van der Waals surface area contributed by atoms with Crippen molar-refractivity contribution in [3.8, 4) is 11.5 Å². The van der Waals surface area contributed by atoms with Gasteiger partial charge in [-0.15, -0.1) is 0 Å². The van der Waals surface area contributed by atoms with Gasteiger partial charge < -0.3 is 19.8 Å². The molecule has 5 nitrogen and oxygen atoms in total. The van der Waals surface area contributed by atoms with Gasteiger partial charge in [-0.05, 0) is 48.7 Å². The van der Waals surface area contributed by atoms with Gasteiger partial charge in [-0.1, -0.05) is 18.2 Å². The molecule has 3 aromatic rings. The molecule has 0 saturated carbocycles. The van der Waals surface area contributed by atoms with E-state index in [4.69, 9.17) is 9.47 Å². The van der Waals surface area contributed by atoms with Crippen LogP contribution in [-0.2, 0) is 17.8 Å². The van der Waals surface area contributed by atoms with Gasteiger partial charge >= 0.3 is 0 Å². The molecule has 0 radical (unpaired) electrons. The zero-order valence-electron chi connectivity index (χ0n) is 14.7. The van der Waals surface area contributed by atoms with E-state index in [0.717, 1.165) is 40.1 Å². The van der Waals surface area contributed by atoms with Crippen LogP contribution in [0.4, 0.5) is 0 Å². The van der Waals surface area contributed by atoms with Crippen LogP contribution in [0.2, 0.25) is 0 Å². The van der Waals surface area contributed by atoms with E-state index in [1.165, 1.54) is 0 Å². The van der Waals surface area contributed by atoms with Crippen LogP contribution in [-0.4, -0.2) is 24.6 Å². The third kappa shape index (κ3) is 3.38. The Kier molecular flexibility index (Phi) is 4.52. The Balaban J connectivity index is 1.42. The Bertz CT molecular complexity index is 932. The normalized spacial score (nSPS) is 16.4. The van der Waals surface area contributed by atoms with E-state index in [9.17, 15) is 4.79 Å². The van der Waals surface area contributed by atoms with E-state index >= 15 is 0 Å². The highest BCUT2D eigenvalue weighted by molar-refractivity contribution is 5.82. The fourth-order valence-electron chi connectivity index (χ4n) is 3.44. The van der Waals surface area contributed by atoms with Gasteiger partial charge in [-0.25, -0.2) is 0 Å². The number of aromatic amines is 1. The SMILES string of the molecule is COc1ccc2[nH]c(CNC(=O)C3CCOc4ccccc4C3)cc2c1. The zero-order valence-corrected chi connectivity index (χ0v) is 14.7. The topological polar surface area (TPSA) is 63.3 Å². The first-order chi connectivity index (χ1) is 12.7. The molecule has 0 spiro atoms. The number of rotatable bonds is 4. The quantitative estimate of drug-likeness (QED) is 0.758. The highest BCUT2D eigenvalue weighted by Crippen LogP contribution is 2.27. The van der Waals surface area contributed by atoms with Crippen molar-refractivity contribution in [2.45, 2.75) is 19.4 Å². The van der Waals surface area contributed by atoms with Crippen molar-refractivity contribution >= 4 is 16.8 Å². The summed E-state index contributed by atoms with van der Waals surface area (Å²) in [5, 5.41) is 4.13. The maximum atomic E-state index is 12.6. The molecule has 1 aliphatic rings. The van der Waals surface area contributed by atoms with Crippen molar-refractivity contribution in [3.63, 3.8) is 0 Å². The van der Waals surface area contributed by atoms with Gasteiger partial charge in [-0.2, -0.15) is 0 Å². The molecule has 4 rings (SSSR count). The van der Waals surface area contributed by atoms with Gasteiger partial charge in [0.15, 0.2) is 0 Å². The number of aromatic nitrogens is 1. The maximum Gasteiger partial charge on any atom is 0.223 e. The molecule has 26 heavy (non-hydrogen) atoms. The van der Waals surface area contributed by atoms with Crippen LogP contribution in [0.5, 0.6) is 11.5 Å². The number of hydrogen-bond acceptors (Lipinski definition) is 3. The molecule has 2 heterocycles. The van der Waals surface area contributed by atoms with Crippen molar-refractivity contribution < 1.29 is 14.3 Å². The summed E-state index contributed by atoms with van der Waals surface area (Å²) in [4.78, 5) is 16.0. The number of carbonyl (C=O) groups is 1. The number of para-hydroxylation sites is 1. The Morgan fingerprint density at radius 2 is 2.15 bits per heavy atom. The predicted octanol–water partition coefficient (Wildman–Crippen LogP) is 3.43. The summed E-state index contributed by atoms with van der Waals surface area (Å²) in [6.45, 7) is 1.05. The molecule has 0 bridgehead atoms. The summed E-state index contributed by atoms with van der Waals surface area (Å²) in [5.41, 5.74) is 3.11. The first-order valence-corrected chi connectivity index (χ1v) is 8.87. The van der Waals surface area contributed by atoms with Crippen molar-refractivity contribution in [1.29, 1.82) is 0 Å². The van der Waals surface area contributed by atoms with Crippen LogP contribution in [0.15, 0.2) is 48.5 Å². The maximum absolute atomic E-state index is 12.6. The Morgan fingerprint density at radius 3 is 3.04 bits per heavy atom. The number of benzene rings is 2. The number of nitrogens with one attached hydrogen (secondary N) is 2. The first kappa shape index (κ1) is 16.5. The van der Waals surface area contributed by atoms with Gasteiger partial charge in [0.25, 0.3) is 0 Å². The largest absolute Gasteiger partial charge is 0.497 e. The second-order valence-corrected chi connectivity index (χ2v) is 6.61. The molecule has 134 valence electrons. The van der Waals surface area contributed by atoms with Crippen molar-refractivity contribution in [3.05, 3.63) is 59.8 Å². The van der Waals surface area contributed by atoms with Gasteiger partial charge in [0, 0.05) is 22.5 Å². The number of methoxy groups -OCH3 is 1. The number of ether oxygens (including phenoxy) is 2. The van der Waals surface area contributed by atoms with Gasteiger partial charge in [-0.3, -0.25) is 4.79 Å². The summed E-state index contributed by atoms with van der Waals surface area (Å²) >= 11 is 0. The predicted molar refractivity (Wildman–Crippen MR) is 100 cm³/mol. The minimum absolute atomic E-state index is 0.0666. The Labute approximate surface area is 152 Å². The average molecular weight is 350 g/mol. The van der Waals surface area contributed by atoms with Gasteiger partial charge in [0.1, 0.15) is 11.5 Å². The number of hydrogen-bond donors (Lipinski definition) is 2. The highest BCUT2D eigenvalue weighted by atomic mass is 16.5. The van der Waals surface area contributed by atoms with E-state index in [0.29, 0.717) is 19.6 Å². The molecular formula is C21H22N2O3. The van der Waals surface area contributed by atoms with E-state index in [-0.39, 0.29) is 11.8 Å². The molecule has 1 unspecified atom stereocenters. The van der Waals surface area contributed by atoms with Crippen LogP contribution >= 0.6 is 0 Å². The van der Waals surface area contributed by atoms with Gasteiger partial charge in [0.05, 0.1) is 20.3 Å². The summed E-state index contributed by atoms with van der Waals surface area (Å²) < 4.78 is 11.0. The molecule has 2 N–H and O–H groups in total. The second kappa shape index (κ2) is 7.12. The Hall–Kier alpha value is -2.95. The summed E-state index contributed by atoms with van der Waals surface area (Å²) in [5.74, 6) is 1.72. The van der Waals surface area contributed by atoms with Crippen molar-refractivity contribution in [2.24, 2.45) is 5.92 Å². The third-order valence-corrected chi connectivity index (χ3v) is 4.87. The fraction of sp³-hybridized carbons (Fsp3) is 0.286. The summed E-state index contributed by atoms with van der Waals surface area (Å²) in [6.07, 6.45) is 1.44. The number of carbonyl (C=O) groups excluding carboxylic acids is 1. The van der Waals surface area contributed by atoms with E-state index in [1.807, 2.05) is 48.5 Å². The van der Waals surface area contributed by atoms with Crippen molar-refractivity contribution in [2.75, 3.05) is 13.7 Å². The monoisotopic (exact) mass is 350 g/mol. The molecule has 1 aromatic heterocycles. The molecule has 0 aliphatic carbocycles. The lowest BCUT2D eigenvalue weighted by Crippen LogP contribution is -2.31. The minimum Gasteiger partial charge on any atom is -0.497 e. The number of fused-ring (bicyclic) bond motifs is 2. The van der Waals surface area contributed by atoms with Crippen LogP contribution in [0.1, 0.15) is 17.7 Å². The van der Waals surface area contributed by atoms with Crippen molar-refractivity contribution in [1.82, 2.24) is 10.3 Å². The standard InChI is InChI=1S/C21H22N2O3/c1-25-18-6-7-19-16(12-18)11-17(23-19)13-22-21(24)15-8-9-26-20-5-3-2-4-14(20)10-15/h2-7,11-12,15,23H,8-10,13H2,1H3,(H,22,24). The number of H-pyrrole nitrogens is 1. The Morgan fingerprint density at radius 1 is 1.27 bits per heavy atom. The molecule has 2 aromatic carbocycles. The molecule has 0 saturated heterocycles. The summed E-state index contributed by atoms with van der Waals surface area (Å²) in [7, 11) is 1.66. The lowest BCUT2D eigenvalue weighted by Gasteiger charge is -2.13. The number of amides is 1. The summed E-state index contributed by atoms with van der Waals surface area (Å²) in [6, 6.07) is 15.9. The first-order valence-electron chi connectivity index (χ1n) is 8.87. The third-order valence-electron chi connectivity index (χ3n) is 4.87. The average Bonchev–Trinajstić information content (AvgIpc) is 2.95. The molecule has 1 amide bonds. The molecule has 1 atom stereocenters. The zero-order chi connectivity index (χ0) is 17.9. The van der Waals surface area contributed by atoms with Crippen LogP contribution < -0.4 is 14.8 Å². The molecule has 0 fully saturated rings. The fourth-order valence-corrected chi connectivity index (χ4v) is 3.44. The molecule has 5 heteroatoms. The lowest BCUT2D eigenvalue weighted by atomic mass is 9.96. The van der Waals surface area contributed by atoms with Crippen LogP contribution in [0.3, 0.4) is 0 Å². The lowest BCUT2D eigenvalue weighted by molar-refractivity contribution is -0.125. The smallest absolute Gasteiger partial charge is 0.223 e. The van der Waals surface area contributed by atoms with Crippen LogP contribution in [0, 0.1) is 5.92 Å². The molecule has 1 aliphatic heterocycles. The second-order valence-electron chi connectivity index (χ2n) is 6.61. The van der Waals surface area contributed by atoms with E-state index in [1.54, 1.807) is 7.11 Å².